The molecular formula is C18H32N2O6. The Labute approximate surface area is 156 Å². The van der Waals surface area contributed by atoms with Crippen LogP contribution in [-0.4, -0.2) is 79.9 Å². The fraction of sp³-hybridized carbons (Fsp3) is 0.722. The molecule has 1 heterocycles. The van der Waals surface area contributed by atoms with Gasteiger partial charge in [-0.05, 0) is 20.8 Å². The van der Waals surface area contributed by atoms with E-state index in [-0.39, 0.29) is 12.7 Å². The molecule has 1 fully saturated rings. The van der Waals surface area contributed by atoms with E-state index in [1.807, 2.05) is 34.6 Å². The third-order valence-electron chi connectivity index (χ3n) is 3.23. The van der Waals surface area contributed by atoms with Crippen molar-refractivity contribution in [3.63, 3.8) is 0 Å². The normalized spacial score (nSPS) is 15.1. The highest BCUT2D eigenvalue weighted by Crippen LogP contribution is 2.11. The van der Waals surface area contributed by atoms with E-state index in [0.29, 0.717) is 32.7 Å². The number of nitrogens with zero attached hydrogens (tertiary/aromatic N) is 2. The maximum atomic E-state index is 11.9. The fourth-order valence-corrected chi connectivity index (χ4v) is 2.01. The molecule has 150 valence electrons. The van der Waals surface area contributed by atoms with Crippen LogP contribution in [0.3, 0.4) is 0 Å². The number of hydrogen-bond donors (Lipinski definition) is 0. The molecule has 1 aliphatic heterocycles. The molecule has 0 atom stereocenters. The van der Waals surface area contributed by atoms with Crippen molar-refractivity contribution in [2.75, 3.05) is 46.4 Å². The number of esters is 2. The van der Waals surface area contributed by atoms with Gasteiger partial charge in [0.05, 0.1) is 7.11 Å². The minimum atomic E-state index is -0.606. The summed E-state index contributed by atoms with van der Waals surface area (Å²) >= 11 is 0. The van der Waals surface area contributed by atoms with E-state index in [1.165, 1.54) is 7.11 Å². The molecule has 8 heteroatoms. The second-order valence-electron chi connectivity index (χ2n) is 6.33. The van der Waals surface area contributed by atoms with Crippen molar-refractivity contribution in [3.8, 4) is 0 Å². The Bertz CT molecular complexity index is 477. The number of piperazine rings is 1. The van der Waals surface area contributed by atoms with E-state index >= 15 is 0 Å². The molecule has 0 spiro atoms. The van der Waals surface area contributed by atoms with Crippen LogP contribution in [0.4, 0.5) is 4.79 Å². The average molecular weight is 372 g/mol. The van der Waals surface area contributed by atoms with Crippen LogP contribution in [0.1, 0.15) is 34.6 Å². The molecule has 1 rings (SSSR count). The van der Waals surface area contributed by atoms with Gasteiger partial charge in [0.15, 0.2) is 0 Å². The maximum Gasteiger partial charge on any atom is 0.410 e. The molecule has 26 heavy (non-hydrogen) atoms. The zero-order chi connectivity index (χ0) is 20.2. The molecular weight excluding hydrogens is 340 g/mol. The smallest absolute Gasteiger partial charge is 0.410 e. The Hall–Kier alpha value is -2.09. The number of carbonyl (C=O) groups excluding carboxylic acids is 3. The van der Waals surface area contributed by atoms with Crippen LogP contribution in [0.5, 0.6) is 0 Å². The molecule has 1 saturated heterocycles. The zero-order valence-corrected chi connectivity index (χ0v) is 16.7. The van der Waals surface area contributed by atoms with E-state index in [2.05, 4.69) is 9.64 Å². The van der Waals surface area contributed by atoms with Gasteiger partial charge in [-0.1, -0.05) is 13.8 Å². The van der Waals surface area contributed by atoms with E-state index in [4.69, 9.17) is 9.47 Å². The molecule has 0 aromatic carbocycles. The van der Waals surface area contributed by atoms with Gasteiger partial charge < -0.3 is 19.1 Å². The highest BCUT2D eigenvalue weighted by Gasteiger charge is 2.25. The Morgan fingerprint density at radius 1 is 0.962 bits per heavy atom. The lowest BCUT2D eigenvalue weighted by molar-refractivity contribution is -0.139. The molecule has 8 nitrogen and oxygen atoms in total. The van der Waals surface area contributed by atoms with Crippen molar-refractivity contribution in [1.29, 1.82) is 0 Å². The maximum absolute atomic E-state index is 11.9. The third-order valence-corrected chi connectivity index (χ3v) is 3.23. The SMILES string of the molecule is CC.COC(=O)/C=C/C(=O)OCCN1CCN(C(=O)OC(C)(C)C)CC1. The molecule has 0 aliphatic carbocycles. The van der Waals surface area contributed by atoms with Gasteiger partial charge in [0.2, 0.25) is 0 Å². The molecule has 1 amide bonds. The van der Waals surface area contributed by atoms with Crippen molar-refractivity contribution < 1.29 is 28.6 Å². The first-order valence-corrected chi connectivity index (χ1v) is 8.84. The standard InChI is InChI=1S/C16H26N2O6.C2H6/c1-16(2,3)24-15(21)18-9-7-17(8-10-18)11-12-23-14(20)6-5-13(19)22-4;1-2/h5-6H,7-12H2,1-4H3;1-2H3/b6-5+;. The van der Waals surface area contributed by atoms with Crippen molar-refractivity contribution in [1.82, 2.24) is 9.80 Å². The van der Waals surface area contributed by atoms with Gasteiger partial charge in [0.25, 0.3) is 0 Å². The van der Waals surface area contributed by atoms with Gasteiger partial charge in [-0.3, -0.25) is 4.90 Å². The predicted octanol–water partition coefficient (Wildman–Crippen LogP) is 1.84. The Morgan fingerprint density at radius 3 is 2.00 bits per heavy atom. The summed E-state index contributed by atoms with van der Waals surface area (Å²) in [5, 5.41) is 0. The van der Waals surface area contributed by atoms with Crippen LogP contribution >= 0.6 is 0 Å². The Balaban J connectivity index is 0.00000301. The molecule has 0 N–H and O–H groups in total. The minimum absolute atomic E-state index is 0.219. The number of amides is 1. The molecule has 1 aliphatic rings. The molecule has 0 bridgehead atoms. The predicted molar refractivity (Wildman–Crippen MR) is 97.7 cm³/mol. The Morgan fingerprint density at radius 2 is 1.50 bits per heavy atom. The first-order chi connectivity index (χ1) is 12.2. The average Bonchev–Trinajstić information content (AvgIpc) is 2.60. The topological polar surface area (TPSA) is 85.4 Å². The second-order valence-corrected chi connectivity index (χ2v) is 6.33. The lowest BCUT2D eigenvalue weighted by Gasteiger charge is -2.35. The second kappa shape index (κ2) is 12.3. The molecule has 0 saturated carbocycles. The largest absolute Gasteiger partial charge is 0.466 e. The number of carbonyl (C=O) groups is 3. The van der Waals surface area contributed by atoms with Gasteiger partial charge in [-0.15, -0.1) is 0 Å². The quantitative estimate of drug-likeness (QED) is 0.413. The lowest BCUT2D eigenvalue weighted by Crippen LogP contribution is -2.50. The van der Waals surface area contributed by atoms with Gasteiger partial charge in [-0.2, -0.15) is 0 Å². The van der Waals surface area contributed by atoms with E-state index in [9.17, 15) is 14.4 Å². The number of hydrogen-bond acceptors (Lipinski definition) is 7. The van der Waals surface area contributed by atoms with Crippen LogP contribution in [-0.2, 0) is 23.8 Å². The van der Waals surface area contributed by atoms with E-state index in [0.717, 1.165) is 12.2 Å². The van der Waals surface area contributed by atoms with Gasteiger partial charge >= 0.3 is 18.0 Å². The van der Waals surface area contributed by atoms with Crippen molar-refractivity contribution >= 4 is 18.0 Å². The Kier molecular flexibility index (Phi) is 11.3. The zero-order valence-electron chi connectivity index (χ0n) is 16.7. The summed E-state index contributed by atoms with van der Waals surface area (Å²) in [6.45, 7) is 12.8. The van der Waals surface area contributed by atoms with Crippen LogP contribution in [0.15, 0.2) is 12.2 Å². The summed E-state index contributed by atoms with van der Waals surface area (Å²) in [5.41, 5.74) is -0.500. The summed E-state index contributed by atoms with van der Waals surface area (Å²) in [4.78, 5) is 37.9. The van der Waals surface area contributed by atoms with Crippen LogP contribution in [0, 0.1) is 0 Å². The van der Waals surface area contributed by atoms with Crippen LogP contribution in [0.2, 0.25) is 0 Å². The highest BCUT2D eigenvalue weighted by molar-refractivity contribution is 5.91. The van der Waals surface area contributed by atoms with Crippen LogP contribution < -0.4 is 0 Å². The summed E-state index contributed by atoms with van der Waals surface area (Å²) < 4.78 is 14.7. The monoisotopic (exact) mass is 372 g/mol. The summed E-state index contributed by atoms with van der Waals surface area (Å²) in [5.74, 6) is -1.20. The third kappa shape index (κ3) is 10.7. The van der Waals surface area contributed by atoms with E-state index in [1.54, 1.807) is 4.90 Å². The summed E-state index contributed by atoms with van der Waals surface area (Å²) in [7, 11) is 1.23. The molecule has 0 radical (unpaired) electrons. The molecule has 0 aromatic heterocycles. The number of methoxy groups -OCH3 is 1. The van der Waals surface area contributed by atoms with Crippen molar-refractivity contribution in [2.24, 2.45) is 0 Å². The van der Waals surface area contributed by atoms with Crippen molar-refractivity contribution in [2.45, 2.75) is 40.2 Å². The van der Waals surface area contributed by atoms with Crippen molar-refractivity contribution in [3.05, 3.63) is 12.2 Å². The van der Waals surface area contributed by atoms with Gasteiger partial charge in [0, 0.05) is 44.9 Å². The highest BCUT2D eigenvalue weighted by atomic mass is 16.6. The van der Waals surface area contributed by atoms with Crippen LogP contribution in [0.25, 0.3) is 0 Å². The first-order valence-electron chi connectivity index (χ1n) is 8.84. The minimum Gasteiger partial charge on any atom is -0.466 e. The fourth-order valence-electron chi connectivity index (χ4n) is 2.01. The summed E-state index contributed by atoms with van der Waals surface area (Å²) in [6.07, 6.45) is 1.75. The van der Waals surface area contributed by atoms with Gasteiger partial charge in [0.1, 0.15) is 12.2 Å². The molecule has 0 unspecified atom stereocenters. The first kappa shape index (κ1) is 23.9. The van der Waals surface area contributed by atoms with E-state index < -0.39 is 17.5 Å². The number of ether oxygens (including phenoxy) is 3. The molecule has 0 aromatic rings. The van der Waals surface area contributed by atoms with Gasteiger partial charge in [-0.25, -0.2) is 14.4 Å². The summed E-state index contributed by atoms with van der Waals surface area (Å²) in [6, 6.07) is 0. The number of rotatable bonds is 5. The lowest BCUT2D eigenvalue weighted by atomic mass is 10.2.